The van der Waals surface area contributed by atoms with Crippen molar-refractivity contribution in [2.45, 2.75) is 20.0 Å². The molecule has 138 valence electrons. The summed E-state index contributed by atoms with van der Waals surface area (Å²) in [6, 6.07) is 0. The molecule has 0 bridgehead atoms. The number of thiazole rings is 1. The molecule has 1 amide bonds. The highest BCUT2D eigenvalue weighted by Crippen LogP contribution is 2.27. The topological polar surface area (TPSA) is 115 Å². The number of nitrogens with one attached hydrogen (secondary N) is 1. The fraction of sp³-hybridized carbons (Fsp3) is 0.538. The summed E-state index contributed by atoms with van der Waals surface area (Å²) >= 11 is 1.14. The fourth-order valence-corrected chi connectivity index (χ4v) is 5.05. The molecule has 0 spiro atoms. The number of nitrogens with zero attached hydrogens (tertiary/aromatic N) is 4. The van der Waals surface area contributed by atoms with Crippen molar-refractivity contribution in [3.63, 3.8) is 0 Å². The molecule has 2 aliphatic rings. The molecule has 0 radical (unpaired) electrons. The molecule has 1 fully saturated rings. The lowest BCUT2D eigenvalue weighted by molar-refractivity contribution is -0.0651. The van der Waals surface area contributed by atoms with Gasteiger partial charge in [0.2, 0.25) is 0 Å². The second-order valence-corrected chi connectivity index (χ2v) is 8.44. The Kier molecular flexibility index (Phi) is 4.97. The highest BCUT2D eigenvalue weighted by atomic mass is 32.2. The molecule has 1 aromatic rings. The number of carbonyl (C=O) groups excluding carboxylic acids is 1. The lowest BCUT2D eigenvalue weighted by atomic mass is 10.3. The summed E-state index contributed by atoms with van der Waals surface area (Å²) < 4.78 is 27.7. The average Bonchev–Trinajstić information content (AvgIpc) is 3.21. The Morgan fingerprint density at radius 3 is 2.64 bits per heavy atom. The molecule has 25 heavy (non-hydrogen) atoms. The van der Waals surface area contributed by atoms with Crippen molar-refractivity contribution in [2.75, 3.05) is 31.1 Å². The Morgan fingerprint density at radius 2 is 2.08 bits per heavy atom. The first kappa shape index (κ1) is 18.1. The second-order valence-electron chi connectivity index (χ2n) is 5.69. The number of allylic oxidation sites excluding steroid dienone is 1. The Labute approximate surface area is 149 Å². The molecule has 2 N–H and O–H groups in total. The highest BCUT2D eigenvalue weighted by molar-refractivity contribution is 7.86. The van der Waals surface area contributed by atoms with Crippen LogP contribution in [0.1, 0.15) is 23.5 Å². The van der Waals surface area contributed by atoms with E-state index in [1.807, 2.05) is 4.90 Å². The number of carbonyl (C=O) groups is 1. The van der Waals surface area contributed by atoms with Gasteiger partial charge in [-0.1, -0.05) is 11.3 Å². The van der Waals surface area contributed by atoms with Gasteiger partial charge in [-0.15, -0.1) is 4.47 Å². The number of anilines is 1. The van der Waals surface area contributed by atoms with Crippen LogP contribution < -0.4 is 10.4 Å². The summed E-state index contributed by atoms with van der Waals surface area (Å²) in [5.41, 5.74) is 2.11. The van der Waals surface area contributed by atoms with Crippen molar-refractivity contribution in [3.05, 3.63) is 22.8 Å². The first-order valence-corrected chi connectivity index (χ1v) is 9.85. The van der Waals surface area contributed by atoms with Crippen LogP contribution in [0.3, 0.4) is 0 Å². The number of piperazine rings is 1. The van der Waals surface area contributed by atoms with E-state index in [1.165, 1.54) is 10.5 Å². The summed E-state index contributed by atoms with van der Waals surface area (Å²) in [4.78, 5) is 23.1. The van der Waals surface area contributed by atoms with E-state index in [2.05, 4.69) is 4.98 Å². The van der Waals surface area contributed by atoms with Crippen LogP contribution in [0.25, 0.3) is 0 Å². The molecule has 1 atom stereocenters. The maximum Gasteiger partial charge on any atom is 0.326 e. The van der Waals surface area contributed by atoms with Gasteiger partial charge in [-0.25, -0.2) is 10.5 Å². The lowest BCUT2D eigenvalue weighted by Crippen LogP contribution is -2.52. The maximum absolute atomic E-state index is 12.7. The summed E-state index contributed by atoms with van der Waals surface area (Å²) in [5, 5.41) is 9.26. The minimum atomic E-state index is -3.73. The van der Waals surface area contributed by atoms with E-state index in [0.717, 1.165) is 15.8 Å². The second kappa shape index (κ2) is 6.88. The van der Waals surface area contributed by atoms with Crippen molar-refractivity contribution in [3.8, 4) is 0 Å². The van der Waals surface area contributed by atoms with Crippen LogP contribution in [0, 0.1) is 0 Å². The van der Waals surface area contributed by atoms with Gasteiger partial charge in [0, 0.05) is 26.2 Å². The Morgan fingerprint density at radius 1 is 1.40 bits per heavy atom. The smallest absolute Gasteiger partial charge is 0.326 e. The molecule has 1 saturated heterocycles. The normalized spacial score (nSPS) is 22.2. The number of hydroxylamine groups is 2. The van der Waals surface area contributed by atoms with Gasteiger partial charge in [0.05, 0.1) is 11.9 Å². The molecule has 0 aromatic carbocycles. The minimum Gasteiger partial charge on any atom is -0.345 e. The number of hydrogen-bond acceptors (Lipinski definition) is 8. The number of rotatable bonds is 4. The Balaban J connectivity index is 1.65. The summed E-state index contributed by atoms with van der Waals surface area (Å²) in [6.07, 6.45) is 2.85. The fourth-order valence-electron chi connectivity index (χ4n) is 2.69. The average molecular weight is 389 g/mol. The van der Waals surface area contributed by atoms with Crippen LogP contribution in [0.4, 0.5) is 5.13 Å². The monoisotopic (exact) mass is 389 g/mol. The molecule has 12 heteroatoms. The Bertz CT molecular complexity index is 784. The van der Waals surface area contributed by atoms with E-state index >= 15 is 0 Å². The molecular weight excluding hydrogens is 370 g/mol. The van der Waals surface area contributed by atoms with E-state index in [-0.39, 0.29) is 24.1 Å². The van der Waals surface area contributed by atoms with Gasteiger partial charge in [0.25, 0.3) is 5.91 Å². The third kappa shape index (κ3) is 3.48. The SMILES string of the molecule is CC1=CC(C)ON1S(=O)(=O)N1CCN(c2ncc(C(=O)NO)s2)CC1. The van der Waals surface area contributed by atoms with Crippen LogP contribution in [-0.2, 0) is 15.0 Å². The standard InChI is InChI=1S/C13H19N5O5S2/c1-9-7-10(2)23-18(9)25(21,22)17-5-3-16(4-6-17)13-14-8-11(24-13)12(19)15-20/h7-8,10,20H,3-6H2,1-2H3,(H,15,19). The number of aromatic nitrogens is 1. The van der Waals surface area contributed by atoms with Gasteiger partial charge >= 0.3 is 10.2 Å². The largest absolute Gasteiger partial charge is 0.345 e. The summed E-state index contributed by atoms with van der Waals surface area (Å²) in [6.45, 7) is 4.92. The maximum atomic E-state index is 12.7. The zero-order valence-corrected chi connectivity index (χ0v) is 15.4. The van der Waals surface area contributed by atoms with Gasteiger partial charge in [-0.2, -0.15) is 12.7 Å². The molecule has 0 saturated carbocycles. The summed E-state index contributed by atoms with van der Waals surface area (Å²) in [7, 11) is -3.73. The molecule has 3 rings (SSSR count). The molecule has 1 aromatic heterocycles. The quantitative estimate of drug-likeness (QED) is 0.557. The van der Waals surface area contributed by atoms with Crippen LogP contribution in [0.2, 0.25) is 0 Å². The predicted octanol–water partition coefficient (Wildman–Crippen LogP) is 0.168. The van der Waals surface area contributed by atoms with Crippen LogP contribution in [-0.4, -0.2) is 65.6 Å². The third-order valence-electron chi connectivity index (χ3n) is 3.89. The van der Waals surface area contributed by atoms with Crippen LogP contribution >= 0.6 is 11.3 Å². The minimum absolute atomic E-state index is 0.275. The molecule has 2 aliphatic heterocycles. The van der Waals surface area contributed by atoms with E-state index in [9.17, 15) is 13.2 Å². The number of hydrogen-bond donors (Lipinski definition) is 2. The lowest BCUT2D eigenvalue weighted by Gasteiger charge is -2.35. The van der Waals surface area contributed by atoms with Gasteiger partial charge in [-0.3, -0.25) is 14.8 Å². The predicted molar refractivity (Wildman–Crippen MR) is 90.2 cm³/mol. The Hall–Kier alpha value is -1.73. The highest BCUT2D eigenvalue weighted by Gasteiger charge is 2.37. The molecule has 0 aliphatic carbocycles. The first-order chi connectivity index (χ1) is 11.8. The molecule has 10 nitrogen and oxygen atoms in total. The van der Waals surface area contributed by atoms with Gasteiger partial charge in [-0.05, 0) is 19.9 Å². The molecule has 3 heterocycles. The van der Waals surface area contributed by atoms with E-state index in [4.69, 9.17) is 10.0 Å². The van der Waals surface area contributed by atoms with Crippen molar-refractivity contribution in [2.24, 2.45) is 0 Å². The van der Waals surface area contributed by atoms with Crippen molar-refractivity contribution < 1.29 is 23.3 Å². The van der Waals surface area contributed by atoms with E-state index in [1.54, 1.807) is 25.4 Å². The molecule has 1 unspecified atom stereocenters. The first-order valence-electron chi connectivity index (χ1n) is 7.63. The van der Waals surface area contributed by atoms with Crippen molar-refractivity contribution >= 4 is 32.6 Å². The van der Waals surface area contributed by atoms with Crippen LogP contribution in [0.15, 0.2) is 18.0 Å². The van der Waals surface area contributed by atoms with Crippen LogP contribution in [0.5, 0.6) is 0 Å². The third-order valence-corrected chi connectivity index (χ3v) is 6.76. The van der Waals surface area contributed by atoms with E-state index in [0.29, 0.717) is 23.9 Å². The van der Waals surface area contributed by atoms with Crippen molar-refractivity contribution in [1.82, 2.24) is 19.2 Å². The van der Waals surface area contributed by atoms with Crippen molar-refractivity contribution in [1.29, 1.82) is 0 Å². The van der Waals surface area contributed by atoms with Gasteiger partial charge < -0.3 is 4.90 Å². The molecular formula is C13H19N5O5S2. The zero-order chi connectivity index (χ0) is 18.2. The van der Waals surface area contributed by atoms with E-state index < -0.39 is 16.1 Å². The number of amides is 1. The summed E-state index contributed by atoms with van der Waals surface area (Å²) in [5.74, 6) is -0.618. The van der Waals surface area contributed by atoms with Gasteiger partial charge in [0.1, 0.15) is 11.0 Å². The van der Waals surface area contributed by atoms with Gasteiger partial charge in [0.15, 0.2) is 5.13 Å². The zero-order valence-electron chi connectivity index (χ0n) is 13.7.